The van der Waals surface area contributed by atoms with Crippen LogP contribution in [0.15, 0.2) is 30.3 Å². The summed E-state index contributed by atoms with van der Waals surface area (Å²) in [5.74, 6) is -0.121. The second kappa shape index (κ2) is 4.92. The first-order valence-electron chi connectivity index (χ1n) is 6.43. The Balaban J connectivity index is 2.06. The van der Waals surface area contributed by atoms with Crippen molar-refractivity contribution in [2.45, 2.75) is 39.2 Å². The van der Waals surface area contributed by atoms with Crippen molar-refractivity contribution < 1.29 is 9.59 Å². The van der Waals surface area contributed by atoms with Gasteiger partial charge in [-0.3, -0.25) is 9.59 Å². The van der Waals surface area contributed by atoms with E-state index in [0.717, 1.165) is 12.0 Å². The summed E-state index contributed by atoms with van der Waals surface area (Å²) in [5, 5.41) is 2.96. The zero-order valence-corrected chi connectivity index (χ0v) is 10.9. The molecule has 1 atom stereocenters. The molecule has 1 aromatic carbocycles. The Kier molecular flexibility index (Phi) is 3.50. The number of amides is 1. The quantitative estimate of drug-likeness (QED) is 0.829. The lowest BCUT2D eigenvalue weighted by molar-refractivity contribution is -0.147. The summed E-state index contributed by atoms with van der Waals surface area (Å²) in [6, 6.07) is 9.74. The van der Waals surface area contributed by atoms with Crippen molar-refractivity contribution >= 4 is 11.7 Å². The number of carbonyl (C=O) groups excluding carboxylic acids is 2. The van der Waals surface area contributed by atoms with Gasteiger partial charge < -0.3 is 5.32 Å². The fraction of sp³-hybridized carbons (Fsp3) is 0.467. The van der Waals surface area contributed by atoms with E-state index in [2.05, 4.69) is 5.32 Å². The third kappa shape index (κ3) is 2.17. The lowest BCUT2D eigenvalue weighted by Crippen LogP contribution is -2.50. The topological polar surface area (TPSA) is 46.2 Å². The Morgan fingerprint density at radius 1 is 1.22 bits per heavy atom. The summed E-state index contributed by atoms with van der Waals surface area (Å²) in [7, 11) is 0. The first kappa shape index (κ1) is 12.8. The summed E-state index contributed by atoms with van der Waals surface area (Å²) < 4.78 is 0. The summed E-state index contributed by atoms with van der Waals surface area (Å²) in [5.41, 5.74) is 0.312. The second-order valence-corrected chi connectivity index (χ2v) is 5.10. The number of benzene rings is 1. The highest BCUT2D eigenvalue weighted by Crippen LogP contribution is 2.42. The molecular weight excluding hydrogens is 226 g/mol. The molecule has 0 aliphatic heterocycles. The highest BCUT2D eigenvalue weighted by atomic mass is 16.2. The van der Waals surface area contributed by atoms with E-state index >= 15 is 0 Å². The molecule has 0 saturated heterocycles. The maximum Gasteiger partial charge on any atom is 0.234 e. The van der Waals surface area contributed by atoms with Gasteiger partial charge in [-0.25, -0.2) is 0 Å². The monoisotopic (exact) mass is 245 g/mol. The maximum atomic E-state index is 12.2. The van der Waals surface area contributed by atoms with E-state index in [4.69, 9.17) is 0 Å². The average molecular weight is 245 g/mol. The molecule has 0 spiro atoms. The molecule has 96 valence electrons. The van der Waals surface area contributed by atoms with Crippen LogP contribution in [0.4, 0.5) is 0 Å². The predicted molar refractivity (Wildman–Crippen MR) is 70.0 cm³/mol. The molecule has 1 fully saturated rings. The zero-order valence-electron chi connectivity index (χ0n) is 10.9. The molecule has 1 unspecified atom stereocenters. The van der Waals surface area contributed by atoms with E-state index < -0.39 is 5.41 Å². The number of nitrogens with one attached hydrogen (secondary N) is 1. The standard InChI is InChI=1S/C15H19NO2/c1-11(13-7-4-3-5-8-13)16-14(18)15(12(2)17)9-6-10-15/h3-5,7-8,11H,6,9-10H2,1-2H3,(H,16,18). The minimum absolute atomic E-state index is 0.00786. The van der Waals surface area contributed by atoms with Gasteiger partial charge in [0, 0.05) is 0 Å². The number of rotatable bonds is 4. The largest absolute Gasteiger partial charge is 0.349 e. The van der Waals surface area contributed by atoms with E-state index in [9.17, 15) is 9.59 Å². The summed E-state index contributed by atoms with van der Waals surface area (Å²) in [4.78, 5) is 23.9. The number of Topliss-reactive ketones (excluding diaryl/α,β-unsaturated/α-hetero) is 1. The molecule has 1 saturated carbocycles. The molecule has 0 aromatic heterocycles. The molecule has 0 radical (unpaired) electrons. The Morgan fingerprint density at radius 3 is 2.28 bits per heavy atom. The molecule has 2 rings (SSSR count). The van der Waals surface area contributed by atoms with E-state index in [-0.39, 0.29) is 17.7 Å². The van der Waals surface area contributed by atoms with Crippen molar-refractivity contribution in [1.29, 1.82) is 0 Å². The molecule has 1 aliphatic rings. The number of hydrogen-bond acceptors (Lipinski definition) is 2. The molecule has 3 heteroatoms. The first-order valence-corrected chi connectivity index (χ1v) is 6.43. The minimum Gasteiger partial charge on any atom is -0.349 e. The number of ketones is 1. The van der Waals surface area contributed by atoms with Crippen LogP contribution in [0.2, 0.25) is 0 Å². The van der Waals surface area contributed by atoms with Gasteiger partial charge in [0.1, 0.15) is 11.2 Å². The molecule has 3 nitrogen and oxygen atoms in total. The summed E-state index contributed by atoms with van der Waals surface area (Å²) >= 11 is 0. The predicted octanol–water partition coefficient (Wildman–Crippen LogP) is 2.62. The molecule has 0 heterocycles. The number of hydrogen-bond donors (Lipinski definition) is 1. The Morgan fingerprint density at radius 2 is 1.83 bits per heavy atom. The molecule has 18 heavy (non-hydrogen) atoms. The van der Waals surface area contributed by atoms with Gasteiger partial charge in [0.15, 0.2) is 0 Å². The number of carbonyl (C=O) groups is 2. The third-order valence-corrected chi connectivity index (χ3v) is 3.96. The van der Waals surface area contributed by atoms with E-state index in [1.807, 2.05) is 37.3 Å². The Bertz CT molecular complexity index is 449. The van der Waals surface area contributed by atoms with Crippen molar-refractivity contribution in [2.75, 3.05) is 0 Å². The van der Waals surface area contributed by atoms with Gasteiger partial charge in [0.2, 0.25) is 5.91 Å². The highest BCUT2D eigenvalue weighted by Gasteiger charge is 2.48. The normalized spacial score (nSPS) is 18.6. The van der Waals surface area contributed by atoms with Crippen molar-refractivity contribution in [3.63, 3.8) is 0 Å². The average Bonchev–Trinajstić information content (AvgIpc) is 2.28. The van der Waals surface area contributed by atoms with Crippen molar-refractivity contribution in [3.05, 3.63) is 35.9 Å². The third-order valence-electron chi connectivity index (χ3n) is 3.96. The SMILES string of the molecule is CC(=O)C1(C(=O)NC(C)c2ccccc2)CCC1. The van der Waals surface area contributed by atoms with Gasteiger partial charge in [-0.15, -0.1) is 0 Å². The lowest BCUT2D eigenvalue weighted by atomic mass is 9.65. The van der Waals surface area contributed by atoms with E-state index in [1.165, 1.54) is 6.92 Å². The second-order valence-electron chi connectivity index (χ2n) is 5.10. The lowest BCUT2D eigenvalue weighted by Gasteiger charge is -2.38. The van der Waals surface area contributed by atoms with Crippen LogP contribution in [0.3, 0.4) is 0 Å². The van der Waals surface area contributed by atoms with Crippen LogP contribution >= 0.6 is 0 Å². The maximum absolute atomic E-state index is 12.2. The van der Waals surface area contributed by atoms with Crippen LogP contribution < -0.4 is 5.32 Å². The fourth-order valence-corrected chi connectivity index (χ4v) is 2.43. The van der Waals surface area contributed by atoms with Crippen LogP contribution in [-0.4, -0.2) is 11.7 Å². The Hall–Kier alpha value is -1.64. The molecule has 1 amide bonds. The van der Waals surface area contributed by atoms with Crippen LogP contribution in [-0.2, 0) is 9.59 Å². The molecule has 0 bridgehead atoms. The van der Waals surface area contributed by atoms with Crippen LogP contribution in [0.5, 0.6) is 0 Å². The smallest absolute Gasteiger partial charge is 0.234 e. The van der Waals surface area contributed by atoms with Gasteiger partial charge in [-0.05, 0) is 32.3 Å². The summed E-state index contributed by atoms with van der Waals surface area (Å²) in [6.45, 7) is 3.46. The van der Waals surface area contributed by atoms with Crippen LogP contribution in [0.1, 0.15) is 44.7 Å². The van der Waals surface area contributed by atoms with Crippen molar-refractivity contribution in [3.8, 4) is 0 Å². The Labute approximate surface area is 108 Å². The van der Waals surface area contributed by atoms with Gasteiger partial charge in [0.05, 0.1) is 6.04 Å². The van der Waals surface area contributed by atoms with Crippen LogP contribution in [0.25, 0.3) is 0 Å². The van der Waals surface area contributed by atoms with E-state index in [1.54, 1.807) is 0 Å². The first-order chi connectivity index (χ1) is 8.56. The molecule has 1 aliphatic carbocycles. The van der Waals surface area contributed by atoms with Crippen molar-refractivity contribution in [2.24, 2.45) is 5.41 Å². The van der Waals surface area contributed by atoms with Gasteiger partial charge >= 0.3 is 0 Å². The van der Waals surface area contributed by atoms with Crippen molar-refractivity contribution in [1.82, 2.24) is 5.32 Å². The minimum atomic E-state index is -0.747. The highest BCUT2D eigenvalue weighted by molar-refractivity contribution is 6.06. The van der Waals surface area contributed by atoms with Crippen LogP contribution in [0, 0.1) is 5.41 Å². The molecule has 1 N–H and O–H groups in total. The summed E-state index contributed by atoms with van der Waals surface area (Å²) in [6.07, 6.45) is 2.35. The molecule has 1 aromatic rings. The van der Waals surface area contributed by atoms with Gasteiger partial charge in [-0.2, -0.15) is 0 Å². The van der Waals surface area contributed by atoms with Gasteiger partial charge in [0.25, 0.3) is 0 Å². The fourth-order valence-electron chi connectivity index (χ4n) is 2.43. The molecular formula is C15H19NO2. The van der Waals surface area contributed by atoms with E-state index in [0.29, 0.717) is 12.8 Å². The zero-order chi connectivity index (χ0) is 13.2. The van der Waals surface area contributed by atoms with Gasteiger partial charge in [-0.1, -0.05) is 36.8 Å².